The van der Waals surface area contributed by atoms with Crippen LogP contribution in [0.25, 0.3) is 0 Å². The smallest absolute Gasteiger partial charge is 0.475 e. The summed E-state index contributed by atoms with van der Waals surface area (Å²) >= 11 is 0. The first-order valence-corrected chi connectivity index (χ1v) is 10.1. The number of carbonyl (C=O) groups is 1. The number of aromatic nitrogens is 1. The van der Waals surface area contributed by atoms with Crippen LogP contribution in [0.2, 0.25) is 0 Å². The van der Waals surface area contributed by atoms with E-state index >= 15 is 0 Å². The average molecular weight is 460 g/mol. The molecule has 1 atom stereocenters. The van der Waals surface area contributed by atoms with Gasteiger partial charge < -0.3 is 19.0 Å². The molecule has 11 heteroatoms. The van der Waals surface area contributed by atoms with Crippen LogP contribution < -0.4 is 4.74 Å². The molecule has 32 heavy (non-hydrogen) atoms. The number of halogens is 4. The van der Waals surface area contributed by atoms with Gasteiger partial charge in [-0.1, -0.05) is 0 Å². The van der Waals surface area contributed by atoms with E-state index in [1.807, 2.05) is 19.1 Å². The number of aryl methyl sites for hydroxylation is 1. The molecule has 2 aliphatic heterocycles. The van der Waals surface area contributed by atoms with E-state index in [1.54, 1.807) is 12.3 Å². The van der Waals surface area contributed by atoms with Crippen molar-refractivity contribution < 1.29 is 41.4 Å². The summed E-state index contributed by atoms with van der Waals surface area (Å²) in [6.07, 6.45) is -0.979. The second-order valence-electron chi connectivity index (χ2n) is 7.82. The summed E-state index contributed by atoms with van der Waals surface area (Å²) in [4.78, 5) is 15.2. The van der Waals surface area contributed by atoms with Gasteiger partial charge in [0.2, 0.25) is 0 Å². The van der Waals surface area contributed by atoms with Crippen LogP contribution >= 0.6 is 0 Å². The maximum absolute atomic E-state index is 13.7. The van der Waals surface area contributed by atoms with Crippen molar-refractivity contribution in [1.82, 2.24) is 9.88 Å². The van der Waals surface area contributed by atoms with E-state index in [4.69, 9.17) is 23.8 Å². The predicted molar refractivity (Wildman–Crippen MR) is 104 cm³/mol. The van der Waals surface area contributed by atoms with Crippen LogP contribution in [0.4, 0.5) is 17.6 Å². The number of pyridine rings is 1. The number of hydrogen-bond acceptors (Lipinski definition) is 6. The lowest BCUT2D eigenvalue weighted by Crippen LogP contribution is -2.44. The lowest BCUT2D eigenvalue weighted by atomic mass is 9.88. The molecule has 176 valence electrons. The van der Waals surface area contributed by atoms with Crippen molar-refractivity contribution in [3.05, 3.63) is 47.8 Å². The number of furan rings is 1. The standard InChI is InChI=1S/C19H23FN2O3.C2HF3O2/c1-14-4-5-15(24-14)12-22-9-6-19(7-10-22)11-16(13-23-19)25-18-17(20)3-2-8-21-18;3-2(4,5)1(6)7/h2-5,8,16H,6-7,9-13H2,1H3;(H,6,7). The average Bonchev–Trinajstić information content (AvgIpc) is 3.31. The van der Waals surface area contributed by atoms with Crippen LogP contribution in [-0.2, 0) is 16.1 Å². The van der Waals surface area contributed by atoms with Crippen molar-refractivity contribution >= 4 is 5.97 Å². The molecule has 1 N–H and O–H groups in total. The van der Waals surface area contributed by atoms with Crippen molar-refractivity contribution in [3.8, 4) is 5.88 Å². The highest BCUT2D eigenvalue weighted by molar-refractivity contribution is 5.73. The normalized spacial score (nSPS) is 20.6. The van der Waals surface area contributed by atoms with Gasteiger partial charge in [0.15, 0.2) is 5.82 Å². The van der Waals surface area contributed by atoms with E-state index in [1.165, 1.54) is 6.07 Å². The molecule has 7 nitrogen and oxygen atoms in total. The van der Waals surface area contributed by atoms with Gasteiger partial charge in [-0.25, -0.2) is 14.2 Å². The molecule has 2 aromatic rings. The molecule has 2 aliphatic rings. The van der Waals surface area contributed by atoms with E-state index in [0.29, 0.717) is 6.61 Å². The third kappa shape index (κ3) is 6.42. The monoisotopic (exact) mass is 460 g/mol. The predicted octanol–water partition coefficient (Wildman–Crippen LogP) is 3.96. The lowest BCUT2D eigenvalue weighted by Gasteiger charge is -2.38. The van der Waals surface area contributed by atoms with E-state index in [2.05, 4.69) is 9.88 Å². The molecule has 0 aromatic carbocycles. The quantitative estimate of drug-likeness (QED) is 0.692. The summed E-state index contributed by atoms with van der Waals surface area (Å²) in [5.74, 6) is -1.16. The lowest BCUT2D eigenvalue weighted by molar-refractivity contribution is -0.192. The van der Waals surface area contributed by atoms with Crippen LogP contribution in [0, 0.1) is 12.7 Å². The van der Waals surface area contributed by atoms with Crippen LogP contribution in [-0.4, -0.2) is 58.5 Å². The van der Waals surface area contributed by atoms with Crippen LogP contribution in [0.3, 0.4) is 0 Å². The molecular formula is C21H24F4N2O5. The van der Waals surface area contributed by atoms with Crippen molar-refractivity contribution in [3.63, 3.8) is 0 Å². The van der Waals surface area contributed by atoms with Gasteiger partial charge in [-0.05, 0) is 44.0 Å². The third-order valence-electron chi connectivity index (χ3n) is 5.36. The summed E-state index contributed by atoms with van der Waals surface area (Å²) in [5, 5.41) is 7.12. The van der Waals surface area contributed by atoms with Gasteiger partial charge in [0.25, 0.3) is 5.88 Å². The topological polar surface area (TPSA) is 85.0 Å². The highest BCUT2D eigenvalue weighted by Crippen LogP contribution is 2.37. The van der Waals surface area contributed by atoms with Crippen molar-refractivity contribution in [2.45, 2.75) is 50.6 Å². The fourth-order valence-electron chi connectivity index (χ4n) is 3.75. The number of piperidine rings is 1. The van der Waals surface area contributed by atoms with Gasteiger partial charge >= 0.3 is 12.1 Å². The Morgan fingerprint density at radius 1 is 1.31 bits per heavy atom. The number of ether oxygens (including phenoxy) is 2. The molecular weight excluding hydrogens is 436 g/mol. The summed E-state index contributed by atoms with van der Waals surface area (Å²) in [6, 6.07) is 6.96. The summed E-state index contributed by atoms with van der Waals surface area (Å²) < 4.78 is 62.9. The highest BCUT2D eigenvalue weighted by Gasteiger charge is 2.44. The first-order chi connectivity index (χ1) is 15.1. The number of carboxylic acid groups (broad SMARTS) is 1. The molecule has 1 unspecified atom stereocenters. The van der Waals surface area contributed by atoms with Gasteiger partial charge in [-0.3, -0.25) is 4.90 Å². The van der Waals surface area contributed by atoms with Gasteiger partial charge in [-0.2, -0.15) is 13.2 Å². The van der Waals surface area contributed by atoms with Crippen LogP contribution in [0.15, 0.2) is 34.9 Å². The number of alkyl halides is 3. The van der Waals surface area contributed by atoms with Crippen LogP contribution in [0.1, 0.15) is 30.8 Å². The van der Waals surface area contributed by atoms with E-state index in [-0.39, 0.29) is 17.6 Å². The Bertz CT molecular complexity index is 910. The third-order valence-corrected chi connectivity index (χ3v) is 5.36. The molecule has 4 heterocycles. The van der Waals surface area contributed by atoms with E-state index in [9.17, 15) is 17.6 Å². The number of aliphatic carboxylic acids is 1. The van der Waals surface area contributed by atoms with Gasteiger partial charge in [-0.15, -0.1) is 0 Å². The molecule has 2 aromatic heterocycles. The molecule has 0 bridgehead atoms. The number of rotatable bonds is 4. The maximum atomic E-state index is 13.7. The fraction of sp³-hybridized carbons (Fsp3) is 0.524. The zero-order valence-electron chi connectivity index (χ0n) is 17.4. The first kappa shape index (κ1) is 24.0. The molecule has 1 spiro atoms. The van der Waals surface area contributed by atoms with Gasteiger partial charge in [0, 0.05) is 25.7 Å². The Labute approximate surface area is 181 Å². The molecule has 0 amide bonds. The van der Waals surface area contributed by atoms with Crippen LogP contribution in [0.5, 0.6) is 5.88 Å². The fourth-order valence-corrected chi connectivity index (χ4v) is 3.75. The Morgan fingerprint density at radius 3 is 2.56 bits per heavy atom. The number of likely N-dealkylation sites (tertiary alicyclic amines) is 1. The minimum Gasteiger partial charge on any atom is -0.475 e. The molecule has 2 fully saturated rings. The Balaban J connectivity index is 0.000000360. The van der Waals surface area contributed by atoms with E-state index in [0.717, 1.165) is 50.4 Å². The largest absolute Gasteiger partial charge is 0.490 e. The molecule has 0 saturated carbocycles. The second kappa shape index (κ2) is 9.86. The zero-order valence-corrected chi connectivity index (χ0v) is 17.4. The second-order valence-corrected chi connectivity index (χ2v) is 7.82. The summed E-state index contributed by atoms with van der Waals surface area (Å²) in [7, 11) is 0. The number of carboxylic acids is 1. The first-order valence-electron chi connectivity index (χ1n) is 10.1. The zero-order chi connectivity index (χ0) is 23.4. The minimum atomic E-state index is -5.08. The SMILES string of the molecule is Cc1ccc(CN2CCC3(CC2)CC(Oc2ncccc2F)CO3)o1.O=C(O)C(F)(F)F. The molecule has 4 rings (SSSR count). The summed E-state index contributed by atoms with van der Waals surface area (Å²) in [6.45, 7) is 5.22. The summed E-state index contributed by atoms with van der Waals surface area (Å²) in [5.41, 5.74) is -0.147. The van der Waals surface area contributed by atoms with Gasteiger partial charge in [0.05, 0.1) is 18.8 Å². The van der Waals surface area contributed by atoms with Crippen molar-refractivity contribution in [2.75, 3.05) is 19.7 Å². The van der Waals surface area contributed by atoms with Crippen molar-refractivity contribution in [1.29, 1.82) is 0 Å². The van der Waals surface area contributed by atoms with Crippen molar-refractivity contribution in [2.24, 2.45) is 0 Å². The molecule has 0 radical (unpaired) electrons. The Hall–Kier alpha value is -2.66. The Kier molecular flexibility index (Phi) is 7.40. The van der Waals surface area contributed by atoms with E-state index < -0.39 is 18.0 Å². The highest BCUT2D eigenvalue weighted by atomic mass is 19.4. The maximum Gasteiger partial charge on any atom is 0.490 e. The number of hydrogen-bond donors (Lipinski definition) is 1. The molecule has 2 saturated heterocycles. The van der Waals surface area contributed by atoms with Gasteiger partial charge in [0.1, 0.15) is 17.6 Å². The minimum absolute atomic E-state index is 0.0683. The Morgan fingerprint density at radius 2 is 2.00 bits per heavy atom. The number of nitrogens with zero attached hydrogens (tertiary/aromatic N) is 2. The molecule has 0 aliphatic carbocycles.